The summed E-state index contributed by atoms with van der Waals surface area (Å²) >= 11 is 6.55. The molecule has 0 fully saturated rings. The molecule has 7 heteroatoms. The number of anilines is 1. The molecule has 1 N–H and O–H groups in total. The fraction of sp³-hybridized carbons (Fsp3) is 0.346. The molecule has 0 saturated carbocycles. The van der Waals surface area contributed by atoms with Crippen LogP contribution in [-0.4, -0.2) is 24.2 Å². The van der Waals surface area contributed by atoms with Gasteiger partial charge in [-0.25, -0.2) is 4.79 Å². The Morgan fingerprint density at radius 2 is 1.61 bits per heavy atom. The number of carbonyl (C=O) groups is 2. The zero-order valence-corrected chi connectivity index (χ0v) is 20.8. The lowest BCUT2D eigenvalue weighted by Gasteiger charge is -2.29. The van der Waals surface area contributed by atoms with Gasteiger partial charge in [0.2, 0.25) is 0 Å². The van der Waals surface area contributed by atoms with Crippen LogP contribution in [-0.2, 0) is 15.6 Å². The molecule has 0 bridgehead atoms. The molecular weight excluding hydrogens is 440 g/mol. The van der Waals surface area contributed by atoms with Crippen molar-refractivity contribution in [3.8, 4) is 5.75 Å². The summed E-state index contributed by atoms with van der Waals surface area (Å²) in [6.07, 6.45) is 0.634. The van der Waals surface area contributed by atoms with Crippen molar-refractivity contribution in [2.45, 2.75) is 52.4 Å². The molecule has 6 nitrogen and oxygen atoms in total. The maximum atomic E-state index is 13.3. The van der Waals surface area contributed by atoms with Gasteiger partial charge in [-0.15, -0.1) is 0 Å². The van der Waals surface area contributed by atoms with E-state index >= 15 is 0 Å². The number of para-hydroxylation sites is 1. The number of carbonyl (C=O) groups excluding carboxylic acids is 2. The van der Waals surface area contributed by atoms with E-state index in [2.05, 4.69) is 31.1 Å². The third-order valence-electron chi connectivity index (χ3n) is 5.30. The molecule has 0 aliphatic heterocycles. The number of nitrogens with one attached hydrogen (secondary N) is 1. The van der Waals surface area contributed by atoms with Crippen LogP contribution in [0.5, 0.6) is 5.75 Å². The van der Waals surface area contributed by atoms with Gasteiger partial charge in [-0.2, -0.15) is 0 Å². The number of aromatic nitrogens is 1. The van der Waals surface area contributed by atoms with Crippen LogP contribution in [0, 0.1) is 0 Å². The molecule has 1 amide bonds. The molecule has 2 aromatic carbocycles. The number of benzene rings is 2. The minimum Gasteiger partial charge on any atom is -0.437 e. The number of methoxy groups -OCH3 is 1. The van der Waals surface area contributed by atoms with Gasteiger partial charge in [-0.05, 0) is 28.5 Å². The minimum atomic E-state index is -0.831. The molecule has 0 saturated heterocycles. The summed E-state index contributed by atoms with van der Waals surface area (Å²) in [6, 6.07) is 11.0. The zero-order chi connectivity index (χ0) is 24.6. The second kappa shape index (κ2) is 9.02. The fourth-order valence-electron chi connectivity index (χ4n) is 3.56. The van der Waals surface area contributed by atoms with Crippen molar-refractivity contribution < 1.29 is 19.1 Å². The highest BCUT2D eigenvalue weighted by molar-refractivity contribution is 6.38. The predicted octanol–water partition coefficient (Wildman–Crippen LogP) is 6.88. The number of hydrogen-bond acceptors (Lipinski definition) is 5. The van der Waals surface area contributed by atoms with Crippen molar-refractivity contribution >= 4 is 40.3 Å². The Balaban J connectivity index is 2.13. The highest BCUT2D eigenvalue weighted by Crippen LogP contribution is 2.40. The van der Waals surface area contributed by atoms with Gasteiger partial charge in [-0.1, -0.05) is 71.3 Å². The van der Waals surface area contributed by atoms with E-state index in [-0.39, 0.29) is 16.4 Å². The summed E-state index contributed by atoms with van der Waals surface area (Å²) in [5.74, 6) is -0.0864. The van der Waals surface area contributed by atoms with E-state index in [0.29, 0.717) is 27.4 Å². The quantitative estimate of drug-likeness (QED) is 0.335. The lowest BCUT2D eigenvalue weighted by Crippen LogP contribution is -2.23. The number of pyridine rings is 1. The second-order valence-electron chi connectivity index (χ2n) is 9.91. The molecule has 0 radical (unpaired) electrons. The molecule has 0 aliphatic rings. The van der Waals surface area contributed by atoms with Crippen LogP contribution < -0.4 is 10.1 Å². The van der Waals surface area contributed by atoms with Crippen molar-refractivity contribution in [2.75, 3.05) is 12.4 Å². The predicted molar refractivity (Wildman–Crippen MR) is 132 cm³/mol. The van der Waals surface area contributed by atoms with Crippen LogP contribution >= 0.6 is 11.6 Å². The zero-order valence-electron chi connectivity index (χ0n) is 20.0. The third kappa shape index (κ3) is 5.28. The minimum absolute atomic E-state index is 0.255. The van der Waals surface area contributed by atoms with Gasteiger partial charge in [-0.3, -0.25) is 9.78 Å². The molecule has 3 rings (SSSR count). The van der Waals surface area contributed by atoms with Crippen LogP contribution in [0.15, 0.2) is 42.6 Å². The Morgan fingerprint density at radius 3 is 2.21 bits per heavy atom. The van der Waals surface area contributed by atoms with Gasteiger partial charge < -0.3 is 14.8 Å². The maximum absolute atomic E-state index is 13.3. The third-order valence-corrected chi connectivity index (χ3v) is 5.71. The molecule has 0 aliphatic carbocycles. The van der Waals surface area contributed by atoms with E-state index in [1.54, 1.807) is 6.07 Å². The normalized spacial score (nSPS) is 11.9. The van der Waals surface area contributed by atoms with Gasteiger partial charge in [0.25, 0.3) is 5.91 Å². The Bertz CT molecular complexity index is 1220. The molecule has 0 atom stereocenters. The van der Waals surface area contributed by atoms with Gasteiger partial charge in [0.05, 0.1) is 23.2 Å². The summed E-state index contributed by atoms with van der Waals surface area (Å²) in [7, 11) is 1.25. The highest BCUT2D eigenvalue weighted by atomic mass is 35.5. The van der Waals surface area contributed by atoms with E-state index in [0.717, 1.165) is 11.1 Å². The molecule has 1 aromatic heterocycles. The smallest absolute Gasteiger partial charge is 0.437 e. The number of rotatable bonds is 3. The fourth-order valence-corrected chi connectivity index (χ4v) is 3.86. The molecule has 33 heavy (non-hydrogen) atoms. The van der Waals surface area contributed by atoms with Gasteiger partial charge in [0.15, 0.2) is 0 Å². The first-order valence-corrected chi connectivity index (χ1v) is 11.0. The van der Waals surface area contributed by atoms with Crippen molar-refractivity contribution in [1.29, 1.82) is 0 Å². The SMILES string of the molecule is COC(=O)Oc1cc(NC(=O)c2cnc3ccccc3c2Cl)c(C(C)(C)C)cc1C(C)(C)C. The second-order valence-corrected chi connectivity index (χ2v) is 10.3. The monoisotopic (exact) mass is 468 g/mol. The first-order valence-electron chi connectivity index (χ1n) is 10.6. The van der Waals surface area contributed by atoms with Crippen molar-refractivity contribution in [2.24, 2.45) is 0 Å². The van der Waals surface area contributed by atoms with E-state index in [1.165, 1.54) is 13.3 Å². The van der Waals surface area contributed by atoms with Crippen LogP contribution in [0.3, 0.4) is 0 Å². The Labute approximate surface area is 199 Å². The van der Waals surface area contributed by atoms with Crippen LogP contribution in [0.2, 0.25) is 5.02 Å². The van der Waals surface area contributed by atoms with Gasteiger partial charge in [0.1, 0.15) is 5.75 Å². The van der Waals surface area contributed by atoms with E-state index in [9.17, 15) is 9.59 Å². The highest BCUT2D eigenvalue weighted by Gasteiger charge is 2.28. The van der Waals surface area contributed by atoms with Crippen molar-refractivity contribution in [1.82, 2.24) is 4.98 Å². The number of halogens is 1. The van der Waals surface area contributed by atoms with E-state index < -0.39 is 12.1 Å². The molecule has 0 spiro atoms. The van der Waals surface area contributed by atoms with Crippen LogP contribution in [0.4, 0.5) is 10.5 Å². The first kappa shape index (κ1) is 24.5. The number of fused-ring (bicyclic) bond motifs is 1. The maximum Gasteiger partial charge on any atom is 0.513 e. The Hall–Kier alpha value is -3.12. The lowest BCUT2D eigenvalue weighted by atomic mass is 9.79. The summed E-state index contributed by atoms with van der Waals surface area (Å²) in [5, 5.41) is 3.98. The number of hydrogen-bond donors (Lipinski definition) is 1. The lowest BCUT2D eigenvalue weighted by molar-refractivity contribution is 0.102. The summed E-state index contributed by atoms with van der Waals surface area (Å²) in [5.41, 5.74) is 2.56. The molecule has 174 valence electrons. The summed E-state index contributed by atoms with van der Waals surface area (Å²) < 4.78 is 10.1. The van der Waals surface area contributed by atoms with Gasteiger partial charge in [0, 0.05) is 28.9 Å². The molecule has 1 heterocycles. The Morgan fingerprint density at radius 1 is 0.970 bits per heavy atom. The average Bonchev–Trinajstić information content (AvgIpc) is 2.72. The Kier molecular flexibility index (Phi) is 6.70. The largest absolute Gasteiger partial charge is 0.513 e. The number of nitrogens with zero attached hydrogens (tertiary/aromatic N) is 1. The van der Waals surface area contributed by atoms with E-state index in [4.69, 9.17) is 21.1 Å². The molecular formula is C26H29ClN2O4. The number of ether oxygens (including phenoxy) is 2. The van der Waals surface area contributed by atoms with E-state index in [1.807, 2.05) is 51.1 Å². The first-order chi connectivity index (χ1) is 15.3. The summed E-state index contributed by atoms with van der Waals surface area (Å²) in [4.78, 5) is 29.5. The number of amides is 1. The van der Waals surface area contributed by atoms with Crippen LogP contribution in [0.25, 0.3) is 10.9 Å². The topological polar surface area (TPSA) is 77.5 Å². The molecule has 3 aromatic rings. The standard InChI is InChI=1S/C26H29ClN2O4/c1-25(2,3)17-12-18(26(4,5)6)21(33-24(31)32-7)13-20(17)29-23(30)16-14-28-19-11-9-8-10-15(19)22(16)27/h8-14H,1-7H3,(H,29,30). The van der Waals surface area contributed by atoms with Crippen molar-refractivity contribution in [3.05, 3.63) is 64.3 Å². The summed E-state index contributed by atoms with van der Waals surface area (Å²) in [6.45, 7) is 12.2. The average molecular weight is 469 g/mol. The van der Waals surface area contributed by atoms with Crippen LogP contribution in [0.1, 0.15) is 63.0 Å². The van der Waals surface area contributed by atoms with Crippen molar-refractivity contribution in [3.63, 3.8) is 0 Å². The van der Waals surface area contributed by atoms with Gasteiger partial charge >= 0.3 is 6.16 Å². The molecule has 0 unspecified atom stereocenters.